The lowest BCUT2D eigenvalue weighted by molar-refractivity contribution is 0.0941. The fourth-order valence-electron chi connectivity index (χ4n) is 3.10. The molecular formula is C20H17BrN2O4. The first-order chi connectivity index (χ1) is 13.0. The van der Waals surface area contributed by atoms with Crippen LogP contribution < -0.4 is 20.3 Å². The van der Waals surface area contributed by atoms with E-state index >= 15 is 0 Å². The molecule has 0 spiro atoms. The van der Waals surface area contributed by atoms with Crippen LogP contribution in [0.25, 0.3) is 10.9 Å². The van der Waals surface area contributed by atoms with Crippen LogP contribution in [0.3, 0.4) is 0 Å². The van der Waals surface area contributed by atoms with Gasteiger partial charge in [0.2, 0.25) is 5.56 Å². The maximum atomic E-state index is 12.9. The number of H-pyrrole nitrogens is 1. The van der Waals surface area contributed by atoms with Crippen molar-refractivity contribution >= 4 is 32.7 Å². The van der Waals surface area contributed by atoms with E-state index in [0.29, 0.717) is 41.2 Å². The number of ether oxygens (including phenoxy) is 2. The average Bonchev–Trinajstić information content (AvgIpc) is 2.67. The van der Waals surface area contributed by atoms with Crippen molar-refractivity contribution in [3.05, 3.63) is 68.4 Å². The molecule has 6 nitrogen and oxygen atoms in total. The third kappa shape index (κ3) is 3.55. The Morgan fingerprint density at radius 1 is 1.11 bits per heavy atom. The molecule has 2 N–H and O–H groups in total. The number of hydrogen-bond acceptors (Lipinski definition) is 4. The Balaban J connectivity index is 1.63. The quantitative estimate of drug-likeness (QED) is 0.668. The molecule has 27 heavy (non-hydrogen) atoms. The molecule has 138 valence electrons. The number of pyridine rings is 1. The number of benzene rings is 2. The van der Waals surface area contributed by atoms with Crippen molar-refractivity contribution in [3.8, 4) is 11.5 Å². The minimum Gasteiger partial charge on any atom is -0.486 e. The van der Waals surface area contributed by atoms with Crippen LogP contribution in [0.4, 0.5) is 0 Å². The van der Waals surface area contributed by atoms with Gasteiger partial charge in [-0.05, 0) is 42.8 Å². The van der Waals surface area contributed by atoms with Crippen LogP contribution in [0.5, 0.6) is 11.5 Å². The maximum absolute atomic E-state index is 12.9. The molecular weight excluding hydrogens is 412 g/mol. The monoisotopic (exact) mass is 428 g/mol. The van der Waals surface area contributed by atoms with Gasteiger partial charge in [-0.15, -0.1) is 0 Å². The first-order valence-electron chi connectivity index (χ1n) is 8.54. The molecule has 1 aromatic heterocycles. The van der Waals surface area contributed by atoms with Crippen molar-refractivity contribution in [1.82, 2.24) is 10.3 Å². The van der Waals surface area contributed by atoms with Crippen LogP contribution >= 0.6 is 15.9 Å². The second-order valence-corrected chi connectivity index (χ2v) is 7.25. The van der Waals surface area contributed by atoms with Crippen molar-refractivity contribution in [2.24, 2.45) is 0 Å². The highest BCUT2D eigenvalue weighted by atomic mass is 79.9. The molecule has 0 fully saturated rings. The van der Waals surface area contributed by atoms with Gasteiger partial charge in [-0.2, -0.15) is 0 Å². The van der Waals surface area contributed by atoms with Crippen LogP contribution in [0.15, 0.2) is 51.7 Å². The van der Waals surface area contributed by atoms with Gasteiger partial charge in [0.25, 0.3) is 5.91 Å². The summed E-state index contributed by atoms with van der Waals surface area (Å²) in [5.41, 5.74) is 1.52. The first-order valence-corrected chi connectivity index (χ1v) is 9.33. The fourth-order valence-corrected chi connectivity index (χ4v) is 3.46. The summed E-state index contributed by atoms with van der Waals surface area (Å²) in [4.78, 5) is 27.5. The topological polar surface area (TPSA) is 80.4 Å². The first kappa shape index (κ1) is 17.6. The summed E-state index contributed by atoms with van der Waals surface area (Å²) in [7, 11) is 0. The highest BCUT2D eigenvalue weighted by molar-refractivity contribution is 9.10. The van der Waals surface area contributed by atoms with Crippen molar-refractivity contribution in [2.75, 3.05) is 13.2 Å². The largest absolute Gasteiger partial charge is 0.486 e. The van der Waals surface area contributed by atoms with E-state index in [2.05, 4.69) is 26.2 Å². The number of fused-ring (bicyclic) bond motifs is 2. The zero-order valence-electron chi connectivity index (χ0n) is 14.5. The third-order valence-electron chi connectivity index (χ3n) is 4.46. The molecule has 4 rings (SSSR count). The number of carbonyl (C=O) groups is 1. The van der Waals surface area contributed by atoms with Gasteiger partial charge < -0.3 is 19.8 Å². The normalized spacial score (nSPS) is 14.0. The second-order valence-electron chi connectivity index (χ2n) is 6.34. The SMILES string of the molecule is CC(NC(=O)c1cc(=O)[nH]c2ccc(Br)cc12)c1ccc2c(c1)OCCO2. The van der Waals surface area contributed by atoms with Gasteiger partial charge in [0.05, 0.1) is 11.6 Å². The minimum absolute atomic E-state index is 0.269. The van der Waals surface area contributed by atoms with E-state index in [9.17, 15) is 9.59 Å². The molecule has 1 aliphatic heterocycles. The summed E-state index contributed by atoms with van der Waals surface area (Å²) >= 11 is 3.41. The van der Waals surface area contributed by atoms with E-state index in [4.69, 9.17) is 9.47 Å². The summed E-state index contributed by atoms with van der Waals surface area (Å²) < 4.78 is 12.0. The zero-order valence-corrected chi connectivity index (χ0v) is 16.1. The summed E-state index contributed by atoms with van der Waals surface area (Å²) in [5.74, 6) is 1.06. The van der Waals surface area contributed by atoms with Gasteiger partial charge in [0, 0.05) is 21.4 Å². The number of rotatable bonds is 3. The summed E-state index contributed by atoms with van der Waals surface area (Å²) in [5, 5.41) is 3.63. The Bertz CT molecular complexity index is 1090. The van der Waals surface area contributed by atoms with Gasteiger partial charge in [0.1, 0.15) is 13.2 Å². The molecule has 7 heteroatoms. The number of amides is 1. The molecule has 1 unspecified atom stereocenters. The average molecular weight is 429 g/mol. The zero-order chi connectivity index (χ0) is 19.0. The van der Waals surface area contributed by atoms with Crippen molar-refractivity contribution in [3.63, 3.8) is 0 Å². The molecule has 0 aliphatic carbocycles. The smallest absolute Gasteiger partial charge is 0.252 e. The highest BCUT2D eigenvalue weighted by Gasteiger charge is 2.18. The molecule has 3 aromatic rings. The maximum Gasteiger partial charge on any atom is 0.252 e. The molecule has 2 aromatic carbocycles. The predicted octanol–water partition coefficient (Wildman–Crippen LogP) is 3.55. The molecule has 1 amide bonds. The lowest BCUT2D eigenvalue weighted by Crippen LogP contribution is -2.28. The van der Waals surface area contributed by atoms with Crippen LogP contribution in [-0.2, 0) is 0 Å². The molecule has 1 aliphatic rings. The van der Waals surface area contributed by atoms with Crippen molar-refractivity contribution < 1.29 is 14.3 Å². The van der Waals surface area contributed by atoms with Gasteiger partial charge in [-0.1, -0.05) is 22.0 Å². The number of nitrogens with one attached hydrogen (secondary N) is 2. The van der Waals surface area contributed by atoms with Crippen LogP contribution in [0, 0.1) is 0 Å². The van der Waals surface area contributed by atoms with Crippen molar-refractivity contribution in [1.29, 1.82) is 0 Å². The fraction of sp³-hybridized carbons (Fsp3) is 0.200. The minimum atomic E-state index is -0.318. The van der Waals surface area contributed by atoms with E-state index in [-0.39, 0.29) is 17.5 Å². The summed E-state index contributed by atoms with van der Waals surface area (Å²) in [6.07, 6.45) is 0. The number of carbonyl (C=O) groups excluding carboxylic acids is 1. The molecule has 0 saturated carbocycles. The molecule has 1 atom stereocenters. The van der Waals surface area contributed by atoms with Crippen LogP contribution in [0.1, 0.15) is 28.9 Å². The van der Waals surface area contributed by atoms with Gasteiger partial charge >= 0.3 is 0 Å². The number of aromatic amines is 1. The Hall–Kier alpha value is -2.80. The van der Waals surface area contributed by atoms with Gasteiger partial charge in [-0.25, -0.2) is 0 Å². The van der Waals surface area contributed by atoms with E-state index in [0.717, 1.165) is 10.0 Å². The standard InChI is InChI=1S/C20H17BrN2O4/c1-11(12-2-5-17-18(8-12)27-7-6-26-17)22-20(25)15-10-19(24)23-16-4-3-13(21)9-14(15)16/h2-5,8-11H,6-7H2,1H3,(H,22,25)(H,23,24). The Morgan fingerprint density at radius 2 is 1.89 bits per heavy atom. The molecule has 0 bridgehead atoms. The van der Waals surface area contributed by atoms with Crippen molar-refractivity contribution in [2.45, 2.75) is 13.0 Å². The van der Waals surface area contributed by atoms with Crippen LogP contribution in [-0.4, -0.2) is 24.1 Å². The molecule has 0 radical (unpaired) electrons. The molecule has 2 heterocycles. The summed E-state index contributed by atoms with van der Waals surface area (Å²) in [6, 6.07) is 12.0. The second kappa shape index (κ2) is 7.08. The van der Waals surface area contributed by atoms with Gasteiger partial charge in [-0.3, -0.25) is 9.59 Å². The van der Waals surface area contributed by atoms with E-state index in [1.165, 1.54) is 6.07 Å². The number of aromatic nitrogens is 1. The number of hydrogen-bond donors (Lipinski definition) is 2. The Morgan fingerprint density at radius 3 is 2.70 bits per heavy atom. The van der Waals surface area contributed by atoms with E-state index in [1.54, 1.807) is 6.07 Å². The van der Waals surface area contributed by atoms with Crippen LogP contribution in [0.2, 0.25) is 0 Å². The van der Waals surface area contributed by atoms with E-state index < -0.39 is 0 Å². The Kier molecular flexibility index (Phi) is 4.61. The highest BCUT2D eigenvalue weighted by Crippen LogP contribution is 2.32. The third-order valence-corrected chi connectivity index (χ3v) is 4.96. The lowest BCUT2D eigenvalue weighted by Gasteiger charge is -2.21. The van der Waals surface area contributed by atoms with Gasteiger partial charge in [0.15, 0.2) is 11.5 Å². The summed E-state index contributed by atoms with van der Waals surface area (Å²) in [6.45, 7) is 2.92. The predicted molar refractivity (Wildman–Crippen MR) is 106 cm³/mol. The Labute approximate surface area is 163 Å². The lowest BCUT2D eigenvalue weighted by atomic mass is 10.1. The van der Waals surface area contributed by atoms with E-state index in [1.807, 2.05) is 37.3 Å². The molecule has 0 saturated heterocycles. The number of halogens is 1.